The maximum Gasteiger partial charge on any atom is 0.336 e. The number of rotatable bonds is 1. The molecule has 0 atom stereocenters. The summed E-state index contributed by atoms with van der Waals surface area (Å²) in [5, 5.41) is 1.55. The van der Waals surface area contributed by atoms with Gasteiger partial charge in [-0.05, 0) is 42.8 Å². The van der Waals surface area contributed by atoms with Crippen molar-refractivity contribution in [3.63, 3.8) is 0 Å². The number of hydrogen-bond acceptors (Lipinski definition) is 4. The number of aryl methyl sites for hydroxylation is 1. The van der Waals surface area contributed by atoms with Gasteiger partial charge in [-0.15, -0.1) is 0 Å². The van der Waals surface area contributed by atoms with Crippen molar-refractivity contribution in [3.8, 4) is 5.75 Å². The summed E-state index contributed by atoms with van der Waals surface area (Å²) in [5.74, 6) is 0.737. The van der Waals surface area contributed by atoms with Crippen LogP contribution < -0.4 is 15.3 Å². The lowest BCUT2D eigenvalue weighted by Crippen LogP contribution is -2.32. The normalized spacial score (nSPS) is 13.7. The SMILES string of the molecule is Cc1cc(=O)oc2c3c(ccc12)OCN(c1ccc(Br)cc1Cl)C3. The van der Waals surface area contributed by atoms with Crippen LogP contribution in [-0.2, 0) is 6.54 Å². The Balaban J connectivity index is 1.84. The molecule has 0 fully saturated rings. The van der Waals surface area contributed by atoms with Crippen molar-refractivity contribution in [2.75, 3.05) is 11.6 Å². The van der Waals surface area contributed by atoms with E-state index in [1.54, 1.807) is 0 Å². The molecule has 0 aliphatic carbocycles. The van der Waals surface area contributed by atoms with Gasteiger partial charge < -0.3 is 14.1 Å². The lowest BCUT2D eigenvalue weighted by atomic mass is 10.0. The van der Waals surface area contributed by atoms with Crippen LogP contribution in [0, 0.1) is 6.92 Å². The molecule has 122 valence electrons. The van der Waals surface area contributed by atoms with Gasteiger partial charge in [-0.2, -0.15) is 0 Å². The summed E-state index contributed by atoms with van der Waals surface area (Å²) in [6, 6.07) is 11.1. The summed E-state index contributed by atoms with van der Waals surface area (Å²) in [6.07, 6.45) is 0. The molecule has 0 N–H and O–H groups in total. The van der Waals surface area contributed by atoms with Crippen molar-refractivity contribution < 1.29 is 9.15 Å². The van der Waals surface area contributed by atoms with Crippen molar-refractivity contribution in [3.05, 3.63) is 67.4 Å². The van der Waals surface area contributed by atoms with Gasteiger partial charge in [0, 0.05) is 15.9 Å². The number of anilines is 1. The van der Waals surface area contributed by atoms with Gasteiger partial charge in [0.15, 0.2) is 6.73 Å². The second kappa shape index (κ2) is 5.83. The zero-order valence-electron chi connectivity index (χ0n) is 12.8. The molecule has 0 unspecified atom stereocenters. The highest BCUT2D eigenvalue weighted by Gasteiger charge is 2.23. The second-order valence-corrected chi connectivity index (χ2v) is 7.06. The smallest absolute Gasteiger partial charge is 0.336 e. The Morgan fingerprint density at radius 3 is 2.83 bits per heavy atom. The van der Waals surface area contributed by atoms with E-state index in [1.165, 1.54) is 6.07 Å². The zero-order valence-corrected chi connectivity index (χ0v) is 15.1. The molecule has 3 aromatic rings. The van der Waals surface area contributed by atoms with Crippen molar-refractivity contribution in [1.29, 1.82) is 0 Å². The van der Waals surface area contributed by atoms with E-state index in [0.717, 1.165) is 32.4 Å². The van der Waals surface area contributed by atoms with Crippen molar-refractivity contribution in [2.45, 2.75) is 13.5 Å². The van der Waals surface area contributed by atoms with E-state index in [-0.39, 0.29) is 5.63 Å². The monoisotopic (exact) mass is 405 g/mol. The standard InChI is InChI=1S/C18H13BrClNO3/c1-10-6-17(22)24-18-12(10)3-5-16-13(18)8-21(9-23-16)15-4-2-11(19)7-14(15)20/h2-7H,8-9H2,1H3. The number of halogens is 2. The highest BCUT2D eigenvalue weighted by atomic mass is 79.9. The topological polar surface area (TPSA) is 42.7 Å². The minimum absolute atomic E-state index is 0.354. The van der Waals surface area contributed by atoms with E-state index >= 15 is 0 Å². The molecule has 2 heterocycles. The predicted molar refractivity (Wildman–Crippen MR) is 98.1 cm³/mol. The van der Waals surface area contributed by atoms with Gasteiger partial charge in [0.05, 0.1) is 22.8 Å². The first-order valence-electron chi connectivity index (χ1n) is 7.42. The van der Waals surface area contributed by atoms with E-state index in [0.29, 0.717) is 23.9 Å². The van der Waals surface area contributed by atoms with Crippen LogP contribution in [0.25, 0.3) is 11.0 Å². The summed E-state index contributed by atoms with van der Waals surface area (Å²) < 4.78 is 12.2. The average Bonchev–Trinajstić information content (AvgIpc) is 2.54. The molecule has 0 saturated carbocycles. The lowest BCUT2D eigenvalue weighted by molar-refractivity contribution is 0.289. The van der Waals surface area contributed by atoms with Gasteiger partial charge in [-0.1, -0.05) is 27.5 Å². The Bertz CT molecular complexity index is 1020. The molecular formula is C18H13BrClNO3. The highest BCUT2D eigenvalue weighted by molar-refractivity contribution is 9.10. The second-order valence-electron chi connectivity index (χ2n) is 5.73. The first-order chi connectivity index (χ1) is 11.5. The Morgan fingerprint density at radius 1 is 1.21 bits per heavy atom. The number of fused-ring (bicyclic) bond motifs is 3. The number of nitrogens with zero attached hydrogens (tertiary/aromatic N) is 1. The Morgan fingerprint density at radius 2 is 2.04 bits per heavy atom. The molecule has 1 aliphatic rings. The van der Waals surface area contributed by atoms with E-state index in [9.17, 15) is 4.79 Å². The van der Waals surface area contributed by atoms with Crippen molar-refractivity contribution in [1.82, 2.24) is 0 Å². The molecule has 4 rings (SSSR count). The predicted octanol–water partition coefficient (Wildman–Crippen LogP) is 4.87. The molecule has 4 nitrogen and oxygen atoms in total. The van der Waals surface area contributed by atoms with E-state index in [1.807, 2.05) is 42.2 Å². The molecule has 6 heteroatoms. The van der Waals surface area contributed by atoms with Crippen LogP contribution in [0.2, 0.25) is 5.02 Å². The lowest BCUT2D eigenvalue weighted by Gasteiger charge is -2.31. The average molecular weight is 407 g/mol. The van der Waals surface area contributed by atoms with E-state index in [2.05, 4.69) is 15.9 Å². The van der Waals surface area contributed by atoms with Crippen LogP contribution in [-0.4, -0.2) is 6.73 Å². The molecule has 1 aliphatic heterocycles. The van der Waals surface area contributed by atoms with Crippen LogP contribution in [0.4, 0.5) is 5.69 Å². The third kappa shape index (κ3) is 2.58. The van der Waals surface area contributed by atoms with Gasteiger partial charge in [0.1, 0.15) is 11.3 Å². The third-order valence-corrected chi connectivity index (χ3v) is 4.95. The first-order valence-corrected chi connectivity index (χ1v) is 8.59. The number of hydrogen-bond donors (Lipinski definition) is 0. The maximum atomic E-state index is 11.8. The fraction of sp³-hybridized carbons (Fsp3) is 0.167. The molecule has 1 aromatic heterocycles. The minimum atomic E-state index is -0.354. The van der Waals surface area contributed by atoms with Gasteiger partial charge in [-0.25, -0.2) is 4.79 Å². The zero-order chi connectivity index (χ0) is 16.8. The minimum Gasteiger partial charge on any atom is -0.473 e. The Kier molecular flexibility index (Phi) is 3.77. The molecule has 0 radical (unpaired) electrons. The summed E-state index contributed by atoms with van der Waals surface area (Å²) in [4.78, 5) is 13.8. The van der Waals surface area contributed by atoms with Crippen molar-refractivity contribution in [2.24, 2.45) is 0 Å². The van der Waals surface area contributed by atoms with Crippen LogP contribution in [0.1, 0.15) is 11.1 Å². The summed E-state index contributed by atoms with van der Waals surface area (Å²) in [6.45, 7) is 2.84. The molecule has 24 heavy (non-hydrogen) atoms. The number of ether oxygens (including phenoxy) is 1. The van der Waals surface area contributed by atoms with Crippen LogP contribution >= 0.6 is 27.5 Å². The molecule has 0 saturated heterocycles. The first kappa shape index (κ1) is 15.5. The van der Waals surface area contributed by atoms with Gasteiger partial charge >= 0.3 is 5.63 Å². The summed E-state index contributed by atoms with van der Waals surface area (Å²) in [5.41, 5.74) is 2.85. The summed E-state index contributed by atoms with van der Waals surface area (Å²) >= 11 is 9.77. The third-order valence-electron chi connectivity index (χ3n) is 4.15. The molecule has 0 spiro atoms. The molecular weight excluding hydrogens is 394 g/mol. The van der Waals surface area contributed by atoms with Crippen LogP contribution in [0.5, 0.6) is 5.75 Å². The quantitative estimate of drug-likeness (QED) is 0.541. The van der Waals surface area contributed by atoms with Crippen molar-refractivity contribution >= 4 is 44.2 Å². The van der Waals surface area contributed by atoms with Crippen LogP contribution in [0.15, 0.2) is 50.1 Å². The van der Waals surface area contributed by atoms with Gasteiger partial charge in [0.2, 0.25) is 0 Å². The fourth-order valence-corrected chi connectivity index (χ4v) is 3.78. The number of benzene rings is 2. The van der Waals surface area contributed by atoms with Gasteiger partial charge in [0.25, 0.3) is 0 Å². The van der Waals surface area contributed by atoms with Gasteiger partial charge in [-0.3, -0.25) is 0 Å². The Labute approximate surface area is 151 Å². The molecule has 0 amide bonds. The highest BCUT2D eigenvalue weighted by Crippen LogP contribution is 2.37. The van der Waals surface area contributed by atoms with Crippen LogP contribution in [0.3, 0.4) is 0 Å². The Hall–Kier alpha value is -1.98. The van der Waals surface area contributed by atoms with E-state index in [4.69, 9.17) is 20.8 Å². The fourth-order valence-electron chi connectivity index (χ4n) is 2.98. The summed E-state index contributed by atoms with van der Waals surface area (Å²) in [7, 11) is 0. The maximum absolute atomic E-state index is 11.8. The largest absolute Gasteiger partial charge is 0.473 e. The van der Waals surface area contributed by atoms with E-state index < -0.39 is 0 Å². The molecule has 2 aromatic carbocycles. The molecule has 0 bridgehead atoms.